The maximum Gasteiger partial charge on any atom is 0.250 e. The molecule has 2 saturated carbocycles. The number of allylic oxidation sites excluding steroid dienone is 2. The topological polar surface area (TPSA) is 64.6 Å². The Kier molecular flexibility index (Phi) is 10.6. The highest BCUT2D eigenvalue weighted by Gasteiger charge is 2.60. The molecule has 3 aliphatic rings. The Labute approximate surface area is 239 Å². The van der Waals surface area contributed by atoms with Gasteiger partial charge in [0, 0.05) is 32.7 Å². The minimum atomic E-state index is -2.04. The fourth-order valence-corrected chi connectivity index (χ4v) is 8.12. The number of methoxy groups -OCH3 is 3. The highest BCUT2D eigenvalue weighted by Crippen LogP contribution is 2.61. The summed E-state index contributed by atoms with van der Waals surface area (Å²) < 4.78 is 42.6. The lowest BCUT2D eigenvalue weighted by molar-refractivity contribution is -0.240. The van der Waals surface area contributed by atoms with Gasteiger partial charge in [-0.3, -0.25) is 0 Å². The molecule has 2 fully saturated rings. The van der Waals surface area contributed by atoms with Crippen molar-refractivity contribution in [3.63, 3.8) is 0 Å². The van der Waals surface area contributed by atoms with Crippen molar-refractivity contribution in [1.29, 1.82) is 0 Å². The molecule has 0 N–H and O–H groups in total. The summed E-state index contributed by atoms with van der Waals surface area (Å²) in [5, 5.41) is 0.113. The zero-order valence-electron chi connectivity index (χ0n) is 26.6. The van der Waals surface area contributed by atoms with E-state index >= 15 is 0 Å². The zero-order valence-corrected chi connectivity index (χ0v) is 27.6. The third-order valence-corrected chi connectivity index (χ3v) is 14.9. The van der Waals surface area contributed by atoms with E-state index in [1.165, 1.54) is 0 Å². The first-order valence-electron chi connectivity index (χ1n) is 14.5. The summed E-state index contributed by atoms with van der Waals surface area (Å²) in [6.07, 6.45) is 5.51. The van der Waals surface area contributed by atoms with Crippen LogP contribution in [0.1, 0.15) is 67.2 Å². The van der Waals surface area contributed by atoms with E-state index in [4.69, 9.17) is 32.8 Å². The fourth-order valence-electron chi connectivity index (χ4n) is 7.00. The number of hydrogen-bond acceptors (Lipinski definition) is 7. The monoisotopic (exact) mass is 568 g/mol. The molecule has 0 aromatic carbocycles. The Morgan fingerprint density at radius 1 is 0.923 bits per heavy atom. The highest BCUT2D eigenvalue weighted by molar-refractivity contribution is 6.74. The summed E-state index contributed by atoms with van der Waals surface area (Å²) in [7, 11) is 2.98. The van der Waals surface area contributed by atoms with Crippen LogP contribution >= 0.6 is 0 Å². The zero-order chi connectivity index (χ0) is 29.2. The molecule has 0 amide bonds. The second-order valence-corrected chi connectivity index (χ2v) is 18.9. The molecule has 0 radical (unpaired) electrons. The molecule has 0 aromatic rings. The van der Waals surface area contributed by atoms with Crippen molar-refractivity contribution in [3.8, 4) is 0 Å². The van der Waals surface area contributed by atoms with Crippen LogP contribution in [-0.2, 0) is 32.8 Å². The Morgan fingerprint density at radius 2 is 1.51 bits per heavy atom. The van der Waals surface area contributed by atoms with Crippen LogP contribution in [0, 0.1) is 28.6 Å². The van der Waals surface area contributed by atoms with E-state index in [1.54, 1.807) is 21.3 Å². The smallest absolute Gasteiger partial charge is 0.250 e. The van der Waals surface area contributed by atoms with E-state index in [0.717, 1.165) is 37.0 Å². The van der Waals surface area contributed by atoms with Gasteiger partial charge in [-0.25, -0.2) is 0 Å². The summed E-state index contributed by atoms with van der Waals surface area (Å²) >= 11 is 0. The molecule has 7 atom stereocenters. The molecule has 2 unspecified atom stereocenters. The van der Waals surface area contributed by atoms with E-state index < -0.39 is 8.32 Å². The Morgan fingerprint density at radius 3 is 2.10 bits per heavy atom. The van der Waals surface area contributed by atoms with E-state index in [0.29, 0.717) is 0 Å². The molecule has 2 bridgehead atoms. The number of hydrogen-bond donors (Lipinski definition) is 0. The van der Waals surface area contributed by atoms with E-state index in [9.17, 15) is 0 Å². The Balaban J connectivity index is 2.15. The number of fused-ring (bicyclic) bond motifs is 3. The number of rotatable bonds is 11. The van der Waals surface area contributed by atoms with E-state index in [-0.39, 0.29) is 72.3 Å². The van der Waals surface area contributed by atoms with E-state index in [2.05, 4.69) is 67.3 Å². The van der Waals surface area contributed by atoms with Gasteiger partial charge >= 0.3 is 0 Å². The van der Waals surface area contributed by atoms with Crippen LogP contribution < -0.4 is 0 Å². The first-order chi connectivity index (χ1) is 18.2. The molecule has 3 aliphatic carbocycles. The van der Waals surface area contributed by atoms with Gasteiger partial charge in [0.15, 0.2) is 0 Å². The van der Waals surface area contributed by atoms with Gasteiger partial charge < -0.3 is 32.8 Å². The van der Waals surface area contributed by atoms with E-state index in [1.807, 2.05) is 0 Å². The average Bonchev–Trinajstić information content (AvgIpc) is 2.84. The third-order valence-electron chi connectivity index (χ3n) is 10.5. The molecule has 226 valence electrons. The van der Waals surface area contributed by atoms with Crippen molar-refractivity contribution in [1.82, 2.24) is 0 Å². The standard InChI is InChI=1S/C31H56O7Si/c1-21-23-17-24-26(38-39(11,12)29(2,3)4)14-13-22(30(24,5)6)27(36-19-33-9)28(37-20-34-10)31(23,7)16-15-25(21)35-18-32-8/h14,22-25,27-28H,1,13,15-20H2,2-12H3/t22?,23-,24?,25+,27-,28+,31-/m1/s1. The summed E-state index contributed by atoms with van der Waals surface area (Å²) in [6.45, 7) is 24.1. The van der Waals surface area contributed by atoms with Gasteiger partial charge in [-0.1, -0.05) is 48.1 Å². The van der Waals surface area contributed by atoms with Crippen molar-refractivity contribution in [2.75, 3.05) is 41.7 Å². The van der Waals surface area contributed by atoms with Crippen molar-refractivity contribution >= 4 is 8.32 Å². The van der Waals surface area contributed by atoms with Crippen molar-refractivity contribution < 1.29 is 32.8 Å². The molecular weight excluding hydrogens is 512 g/mol. The van der Waals surface area contributed by atoms with Crippen molar-refractivity contribution in [3.05, 3.63) is 24.0 Å². The second kappa shape index (κ2) is 12.6. The molecule has 0 aromatic heterocycles. The first-order valence-corrected chi connectivity index (χ1v) is 17.5. The predicted molar refractivity (Wildman–Crippen MR) is 157 cm³/mol. The molecule has 0 heterocycles. The minimum Gasteiger partial charge on any atom is -0.547 e. The molecule has 0 saturated heterocycles. The summed E-state index contributed by atoms with van der Waals surface area (Å²) in [5.74, 6) is 1.72. The fraction of sp³-hybridized carbons (Fsp3) is 0.871. The second-order valence-electron chi connectivity index (χ2n) is 14.2. The lowest BCUT2D eigenvalue weighted by atomic mass is 9.50. The van der Waals surface area contributed by atoms with Gasteiger partial charge in [0.2, 0.25) is 8.32 Å². The van der Waals surface area contributed by atoms with Crippen LogP contribution in [0.5, 0.6) is 0 Å². The highest BCUT2D eigenvalue weighted by atomic mass is 28.4. The van der Waals surface area contributed by atoms with Crippen LogP contribution in [0.25, 0.3) is 0 Å². The molecular formula is C31H56O7Si. The molecule has 0 spiro atoms. The number of ether oxygens (including phenoxy) is 6. The Bertz CT molecular complexity index is 863. The lowest BCUT2D eigenvalue weighted by Crippen LogP contribution is -2.61. The van der Waals surface area contributed by atoms with Crippen LogP contribution in [0.2, 0.25) is 18.1 Å². The molecule has 3 rings (SSSR count). The summed E-state index contributed by atoms with van der Waals surface area (Å²) in [5.41, 5.74) is 0.776. The molecule has 7 nitrogen and oxygen atoms in total. The first kappa shape index (κ1) is 32.8. The largest absolute Gasteiger partial charge is 0.547 e. The predicted octanol–water partition coefficient (Wildman–Crippen LogP) is 6.90. The van der Waals surface area contributed by atoms with Gasteiger partial charge in [0.1, 0.15) is 20.4 Å². The van der Waals surface area contributed by atoms with Gasteiger partial charge in [-0.2, -0.15) is 0 Å². The normalized spacial score (nSPS) is 35.1. The minimum absolute atomic E-state index is 0.0555. The van der Waals surface area contributed by atoms with Gasteiger partial charge in [0.05, 0.1) is 24.1 Å². The SMILES string of the molecule is C=C1[C@@H](OCOC)CC[C@]2(C)[C@@H]1CC1C(O[Si](C)(C)C(C)(C)C)=CCC([C@@H](OCOC)[C@@H]2OCOC)C1(C)C. The molecule has 0 aliphatic heterocycles. The summed E-state index contributed by atoms with van der Waals surface area (Å²) in [6, 6.07) is 0. The molecule has 39 heavy (non-hydrogen) atoms. The quantitative estimate of drug-likeness (QED) is 0.153. The third kappa shape index (κ3) is 6.52. The van der Waals surface area contributed by atoms with Crippen molar-refractivity contribution in [2.45, 2.75) is 104 Å². The summed E-state index contributed by atoms with van der Waals surface area (Å²) in [4.78, 5) is 0. The van der Waals surface area contributed by atoms with Crippen LogP contribution in [0.4, 0.5) is 0 Å². The maximum absolute atomic E-state index is 7.11. The van der Waals surface area contributed by atoms with Gasteiger partial charge in [0.25, 0.3) is 0 Å². The van der Waals surface area contributed by atoms with Gasteiger partial charge in [-0.15, -0.1) is 0 Å². The van der Waals surface area contributed by atoms with Crippen LogP contribution in [0.15, 0.2) is 24.0 Å². The van der Waals surface area contributed by atoms with Gasteiger partial charge in [-0.05, 0) is 72.7 Å². The van der Waals surface area contributed by atoms with Crippen LogP contribution in [-0.4, -0.2) is 68.3 Å². The van der Waals surface area contributed by atoms with Crippen LogP contribution in [0.3, 0.4) is 0 Å². The lowest BCUT2D eigenvalue weighted by Gasteiger charge is -2.60. The van der Waals surface area contributed by atoms with Crippen molar-refractivity contribution in [2.24, 2.45) is 28.6 Å². The maximum atomic E-state index is 7.11. The Hall–Kier alpha value is -0.743. The average molecular weight is 569 g/mol. The molecule has 8 heteroatoms.